The molecular formula is C22H35NO4. The molecule has 1 atom stereocenters. The molecule has 1 aromatic carbocycles. The van der Waals surface area contributed by atoms with E-state index in [1.807, 2.05) is 30.3 Å². The Morgan fingerprint density at radius 1 is 0.889 bits per heavy atom. The molecule has 0 spiro atoms. The molecule has 1 aromatic rings. The second kappa shape index (κ2) is 14.1. The van der Waals surface area contributed by atoms with Crippen LogP contribution in [0.4, 0.5) is 4.79 Å². The standard InChI is InChI=1S/C22H35NO4/c1-4-7-8-9-10-14-17-23(22(25)27-6-3)20(21(24)26-5-2)18-19-15-12-11-13-16-19/h11-13,15-16,20H,4-10,14,17-18H2,1-3H3. The molecule has 0 fully saturated rings. The molecule has 0 aromatic heterocycles. The molecular weight excluding hydrogens is 342 g/mol. The van der Waals surface area contributed by atoms with Gasteiger partial charge in [-0.05, 0) is 25.8 Å². The first-order valence-electron chi connectivity index (χ1n) is 10.3. The van der Waals surface area contributed by atoms with Crippen LogP contribution in [0.5, 0.6) is 0 Å². The maximum absolute atomic E-state index is 12.6. The lowest BCUT2D eigenvalue weighted by Crippen LogP contribution is -2.48. The zero-order valence-electron chi connectivity index (χ0n) is 17.1. The molecule has 27 heavy (non-hydrogen) atoms. The quantitative estimate of drug-likeness (QED) is 0.359. The van der Waals surface area contributed by atoms with Crippen LogP contribution in [0, 0.1) is 0 Å². The molecule has 0 aliphatic carbocycles. The maximum atomic E-state index is 12.6. The number of amides is 1. The van der Waals surface area contributed by atoms with Crippen LogP contribution in [-0.2, 0) is 20.7 Å². The van der Waals surface area contributed by atoms with E-state index in [1.54, 1.807) is 18.7 Å². The fourth-order valence-electron chi connectivity index (χ4n) is 3.04. The van der Waals surface area contributed by atoms with E-state index < -0.39 is 12.1 Å². The minimum atomic E-state index is -0.665. The van der Waals surface area contributed by atoms with E-state index in [9.17, 15) is 9.59 Å². The van der Waals surface area contributed by atoms with Crippen LogP contribution in [0.1, 0.15) is 64.9 Å². The van der Waals surface area contributed by atoms with Gasteiger partial charge < -0.3 is 9.47 Å². The van der Waals surface area contributed by atoms with Crippen molar-refractivity contribution in [1.29, 1.82) is 0 Å². The number of hydrogen-bond acceptors (Lipinski definition) is 4. The first-order valence-corrected chi connectivity index (χ1v) is 10.3. The van der Waals surface area contributed by atoms with Gasteiger partial charge in [-0.25, -0.2) is 9.59 Å². The van der Waals surface area contributed by atoms with Crippen molar-refractivity contribution in [2.75, 3.05) is 19.8 Å². The number of benzene rings is 1. The molecule has 0 radical (unpaired) electrons. The van der Waals surface area contributed by atoms with Crippen molar-refractivity contribution in [2.45, 2.75) is 71.8 Å². The monoisotopic (exact) mass is 377 g/mol. The van der Waals surface area contributed by atoms with Crippen LogP contribution >= 0.6 is 0 Å². The van der Waals surface area contributed by atoms with Gasteiger partial charge in [-0.15, -0.1) is 0 Å². The molecule has 5 heteroatoms. The smallest absolute Gasteiger partial charge is 0.410 e. The molecule has 0 aliphatic heterocycles. The number of ether oxygens (including phenoxy) is 2. The van der Waals surface area contributed by atoms with Crippen molar-refractivity contribution in [1.82, 2.24) is 4.90 Å². The number of nitrogens with zero attached hydrogens (tertiary/aromatic N) is 1. The van der Waals surface area contributed by atoms with Crippen LogP contribution in [-0.4, -0.2) is 42.8 Å². The predicted octanol–water partition coefficient (Wildman–Crippen LogP) is 4.98. The van der Waals surface area contributed by atoms with Gasteiger partial charge in [0.05, 0.1) is 13.2 Å². The van der Waals surface area contributed by atoms with Gasteiger partial charge in [0, 0.05) is 13.0 Å². The van der Waals surface area contributed by atoms with Crippen molar-refractivity contribution in [3.63, 3.8) is 0 Å². The summed E-state index contributed by atoms with van der Waals surface area (Å²) in [4.78, 5) is 26.7. The highest BCUT2D eigenvalue weighted by Gasteiger charge is 2.31. The van der Waals surface area contributed by atoms with Crippen molar-refractivity contribution in [3.8, 4) is 0 Å². The van der Waals surface area contributed by atoms with Gasteiger partial charge >= 0.3 is 12.1 Å². The number of carbonyl (C=O) groups excluding carboxylic acids is 2. The van der Waals surface area contributed by atoms with Gasteiger partial charge in [-0.3, -0.25) is 4.90 Å². The molecule has 0 saturated carbocycles. The highest BCUT2D eigenvalue weighted by molar-refractivity contribution is 5.81. The van der Waals surface area contributed by atoms with Crippen molar-refractivity contribution < 1.29 is 19.1 Å². The summed E-state index contributed by atoms with van der Waals surface area (Å²) in [7, 11) is 0. The lowest BCUT2D eigenvalue weighted by Gasteiger charge is -2.29. The number of unbranched alkanes of at least 4 members (excludes halogenated alkanes) is 5. The van der Waals surface area contributed by atoms with Crippen LogP contribution < -0.4 is 0 Å². The van der Waals surface area contributed by atoms with Gasteiger partial charge in [-0.2, -0.15) is 0 Å². The molecule has 0 N–H and O–H groups in total. The Bertz CT molecular complexity index is 532. The van der Waals surface area contributed by atoms with Gasteiger partial charge in [0.15, 0.2) is 0 Å². The van der Waals surface area contributed by atoms with Crippen molar-refractivity contribution in [2.24, 2.45) is 0 Å². The first kappa shape index (κ1) is 23.0. The minimum absolute atomic E-state index is 0.284. The Morgan fingerprint density at radius 3 is 2.15 bits per heavy atom. The van der Waals surface area contributed by atoms with E-state index in [4.69, 9.17) is 9.47 Å². The van der Waals surface area contributed by atoms with Crippen LogP contribution in [0.3, 0.4) is 0 Å². The SMILES string of the molecule is CCCCCCCCN(C(=O)OCC)C(Cc1ccccc1)C(=O)OCC. The van der Waals surface area contributed by atoms with Crippen LogP contribution in [0.25, 0.3) is 0 Å². The summed E-state index contributed by atoms with van der Waals surface area (Å²) < 4.78 is 10.5. The lowest BCUT2D eigenvalue weighted by atomic mass is 10.0. The number of esters is 1. The Kier molecular flexibility index (Phi) is 12.0. The van der Waals surface area contributed by atoms with E-state index in [0.717, 1.165) is 24.8 Å². The van der Waals surface area contributed by atoms with E-state index in [1.165, 1.54) is 19.3 Å². The molecule has 1 rings (SSSR count). The molecule has 0 saturated heterocycles. The van der Waals surface area contributed by atoms with Crippen LogP contribution in [0.15, 0.2) is 30.3 Å². The molecule has 5 nitrogen and oxygen atoms in total. The normalized spacial score (nSPS) is 11.7. The highest BCUT2D eigenvalue weighted by atomic mass is 16.6. The molecule has 0 bridgehead atoms. The fourth-order valence-corrected chi connectivity index (χ4v) is 3.04. The predicted molar refractivity (Wildman–Crippen MR) is 108 cm³/mol. The molecule has 0 aliphatic rings. The summed E-state index contributed by atoms with van der Waals surface area (Å²) in [5, 5.41) is 0. The Morgan fingerprint density at radius 2 is 1.52 bits per heavy atom. The average Bonchev–Trinajstić information content (AvgIpc) is 2.67. The van der Waals surface area contributed by atoms with Crippen molar-refractivity contribution in [3.05, 3.63) is 35.9 Å². The Hall–Kier alpha value is -2.04. The minimum Gasteiger partial charge on any atom is -0.464 e. The molecule has 0 heterocycles. The summed E-state index contributed by atoms with van der Waals surface area (Å²) in [5.41, 5.74) is 0.993. The van der Waals surface area contributed by atoms with Gasteiger partial charge in [0.25, 0.3) is 0 Å². The van der Waals surface area contributed by atoms with Crippen LogP contribution in [0.2, 0.25) is 0 Å². The third-order valence-electron chi connectivity index (χ3n) is 4.46. The van der Waals surface area contributed by atoms with E-state index in [0.29, 0.717) is 13.0 Å². The zero-order chi connectivity index (χ0) is 19.9. The van der Waals surface area contributed by atoms with E-state index >= 15 is 0 Å². The average molecular weight is 378 g/mol. The van der Waals surface area contributed by atoms with E-state index in [-0.39, 0.29) is 19.2 Å². The van der Waals surface area contributed by atoms with Crippen molar-refractivity contribution >= 4 is 12.1 Å². The summed E-state index contributed by atoms with van der Waals surface area (Å²) in [6, 6.07) is 9.05. The second-order valence-electron chi connectivity index (χ2n) is 6.62. The number of hydrogen-bond donors (Lipinski definition) is 0. The van der Waals surface area contributed by atoms with Gasteiger partial charge in [-0.1, -0.05) is 69.4 Å². The Balaban J connectivity index is 2.84. The largest absolute Gasteiger partial charge is 0.464 e. The summed E-state index contributed by atoms with van der Waals surface area (Å²) in [5.74, 6) is -0.375. The zero-order valence-corrected chi connectivity index (χ0v) is 17.1. The second-order valence-corrected chi connectivity index (χ2v) is 6.62. The van der Waals surface area contributed by atoms with E-state index in [2.05, 4.69) is 6.92 Å². The number of rotatable bonds is 13. The third kappa shape index (κ3) is 8.94. The summed E-state index contributed by atoms with van der Waals surface area (Å²) in [6.07, 6.45) is 6.67. The molecule has 152 valence electrons. The fraction of sp³-hybridized carbons (Fsp3) is 0.636. The lowest BCUT2D eigenvalue weighted by molar-refractivity contribution is -0.149. The topological polar surface area (TPSA) is 55.8 Å². The van der Waals surface area contributed by atoms with Gasteiger partial charge in [0.2, 0.25) is 0 Å². The maximum Gasteiger partial charge on any atom is 0.410 e. The highest BCUT2D eigenvalue weighted by Crippen LogP contribution is 2.15. The number of carbonyl (C=O) groups is 2. The van der Waals surface area contributed by atoms with Gasteiger partial charge in [0.1, 0.15) is 6.04 Å². The first-order chi connectivity index (χ1) is 13.1. The summed E-state index contributed by atoms with van der Waals surface area (Å²) in [6.45, 7) is 6.82. The molecule has 1 unspecified atom stereocenters. The molecule has 1 amide bonds. The Labute approximate surface area is 164 Å². The summed E-state index contributed by atoms with van der Waals surface area (Å²) >= 11 is 0. The third-order valence-corrected chi connectivity index (χ3v) is 4.46.